The molecule has 2 aromatic rings. The lowest BCUT2D eigenvalue weighted by Crippen LogP contribution is -2.35. The molecule has 1 N–H and O–H groups in total. The number of hydrogen-bond donors (Lipinski definition) is 1. The monoisotopic (exact) mass is 421 g/mol. The zero-order valence-corrected chi connectivity index (χ0v) is 16.5. The van der Waals surface area contributed by atoms with Gasteiger partial charge in [-0.3, -0.25) is 14.9 Å². The molecule has 0 aromatic heterocycles. The molecule has 0 unspecified atom stereocenters. The third-order valence-electron chi connectivity index (χ3n) is 4.82. The highest BCUT2D eigenvalue weighted by Crippen LogP contribution is 2.25. The van der Waals surface area contributed by atoms with E-state index in [1.807, 2.05) is 0 Å². The van der Waals surface area contributed by atoms with Gasteiger partial charge in [0.2, 0.25) is 10.0 Å². The van der Waals surface area contributed by atoms with Gasteiger partial charge < -0.3 is 5.32 Å². The Balaban J connectivity index is 1.85. The molecule has 29 heavy (non-hydrogen) atoms. The van der Waals surface area contributed by atoms with Gasteiger partial charge in [0.25, 0.3) is 11.6 Å². The van der Waals surface area contributed by atoms with Crippen LogP contribution in [0, 0.1) is 22.9 Å². The van der Waals surface area contributed by atoms with Crippen LogP contribution in [0.1, 0.15) is 35.2 Å². The van der Waals surface area contributed by atoms with Gasteiger partial charge in [-0.25, -0.2) is 12.8 Å². The van der Waals surface area contributed by atoms with Crippen molar-refractivity contribution in [2.24, 2.45) is 0 Å². The standard InChI is InChI=1S/C19H20FN3O5S/c1-13-17(20)10-14(11-18(13)23(25)26)19(24)21-15-6-5-7-16(12-15)29(27,28)22-8-3-2-4-9-22/h5-7,10-12H,2-4,8-9H2,1H3,(H,21,24). The van der Waals surface area contributed by atoms with Crippen molar-refractivity contribution in [1.82, 2.24) is 4.31 Å². The minimum Gasteiger partial charge on any atom is -0.322 e. The molecule has 10 heteroatoms. The lowest BCUT2D eigenvalue weighted by Gasteiger charge is -2.26. The van der Waals surface area contributed by atoms with Gasteiger partial charge in [0, 0.05) is 30.4 Å². The van der Waals surface area contributed by atoms with Crippen LogP contribution in [0.4, 0.5) is 15.8 Å². The fourth-order valence-electron chi connectivity index (χ4n) is 3.18. The number of hydrogen-bond acceptors (Lipinski definition) is 5. The average molecular weight is 421 g/mol. The molecular formula is C19H20FN3O5S. The molecule has 0 spiro atoms. The zero-order chi connectivity index (χ0) is 21.2. The molecule has 154 valence electrons. The molecule has 1 aliphatic heterocycles. The van der Waals surface area contributed by atoms with Crippen LogP contribution in [-0.4, -0.2) is 36.6 Å². The van der Waals surface area contributed by atoms with E-state index in [4.69, 9.17) is 0 Å². The molecular weight excluding hydrogens is 401 g/mol. The van der Waals surface area contributed by atoms with Gasteiger partial charge in [-0.2, -0.15) is 4.31 Å². The molecule has 0 aliphatic carbocycles. The first-order valence-electron chi connectivity index (χ1n) is 9.06. The van der Waals surface area contributed by atoms with E-state index >= 15 is 0 Å². The van der Waals surface area contributed by atoms with Gasteiger partial charge in [0.05, 0.1) is 15.4 Å². The van der Waals surface area contributed by atoms with Crippen molar-refractivity contribution in [2.45, 2.75) is 31.1 Å². The van der Waals surface area contributed by atoms with Crippen LogP contribution in [0.2, 0.25) is 0 Å². The first-order valence-corrected chi connectivity index (χ1v) is 10.5. The first kappa shape index (κ1) is 20.9. The molecule has 0 atom stereocenters. The van der Waals surface area contributed by atoms with E-state index in [0.717, 1.165) is 31.4 Å². The number of halogens is 1. The lowest BCUT2D eigenvalue weighted by atomic mass is 10.1. The normalized spacial score (nSPS) is 15.1. The highest BCUT2D eigenvalue weighted by Gasteiger charge is 2.26. The average Bonchev–Trinajstić information content (AvgIpc) is 2.70. The van der Waals surface area contributed by atoms with Crippen LogP contribution in [0.15, 0.2) is 41.3 Å². The Morgan fingerprint density at radius 3 is 2.52 bits per heavy atom. The van der Waals surface area contributed by atoms with Gasteiger partial charge in [-0.1, -0.05) is 12.5 Å². The third kappa shape index (κ3) is 4.43. The maximum absolute atomic E-state index is 14.0. The molecule has 3 rings (SSSR count). The minimum absolute atomic E-state index is 0.0401. The van der Waals surface area contributed by atoms with Crippen LogP contribution < -0.4 is 5.32 Å². The van der Waals surface area contributed by atoms with Crippen molar-refractivity contribution in [3.05, 3.63) is 63.5 Å². The molecule has 0 bridgehead atoms. The highest BCUT2D eigenvalue weighted by molar-refractivity contribution is 7.89. The summed E-state index contributed by atoms with van der Waals surface area (Å²) in [7, 11) is -3.68. The van der Waals surface area contributed by atoms with Crippen molar-refractivity contribution in [2.75, 3.05) is 18.4 Å². The van der Waals surface area contributed by atoms with Gasteiger partial charge in [-0.05, 0) is 44.0 Å². The molecule has 0 radical (unpaired) electrons. The minimum atomic E-state index is -3.68. The Bertz CT molecular complexity index is 1070. The SMILES string of the molecule is Cc1c(F)cc(C(=O)Nc2cccc(S(=O)(=O)N3CCCCC3)c2)cc1[N+](=O)[O-]. The summed E-state index contributed by atoms with van der Waals surface area (Å²) in [6.07, 6.45) is 2.59. The van der Waals surface area contributed by atoms with Crippen LogP contribution in [0.3, 0.4) is 0 Å². The van der Waals surface area contributed by atoms with Crippen molar-refractivity contribution in [1.29, 1.82) is 0 Å². The number of nitrogens with zero attached hydrogens (tertiary/aromatic N) is 2. The molecule has 1 saturated heterocycles. The van der Waals surface area contributed by atoms with E-state index in [1.54, 1.807) is 0 Å². The van der Waals surface area contributed by atoms with Gasteiger partial charge in [0.15, 0.2) is 0 Å². The topological polar surface area (TPSA) is 110 Å². The Labute approximate surface area is 167 Å². The number of anilines is 1. The predicted molar refractivity (Wildman–Crippen MR) is 105 cm³/mol. The van der Waals surface area contributed by atoms with Gasteiger partial charge in [0.1, 0.15) is 5.82 Å². The summed E-state index contributed by atoms with van der Waals surface area (Å²) in [4.78, 5) is 22.8. The van der Waals surface area contributed by atoms with Crippen LogP contribution >= 0.6 is 0 Å². The van der Waals surface area contributed by atoms with Crippen LogP contribution in [0.25, 0.3) is 0 Å². The Morgan fingerprint density at radius 1 is 1.17 bits per heavy atom. The third-order valence-corrected chi connectivity index (χ3v) is 6.72. The highest BCUT2D eigenvalue weighted by atomic mass is 32.2. The van der Waals surface area contributed by atoms with Crippen molar-refractivity contribution in [3.63, 3.8) is 0 Å². The number of nitro benzene ring substituents is 1. The molecule has 8 nitrogen and oxygen atoms in total. The molecule has 1 heterocycles. The van der Waals surface area contributed by atoms with E-state index in [0.29, 0.717) is 13.1 Å². The largest absolute Gasteiger partial charge is 0.322 e. The summed E-state index contributed by atoms with van der Waals surface area (Å²) in [5.41, 5.74) is -0.710. The summed E-state index contributed by atoms with van der Waals surface area (Å²) < 4.78 is 40.9. The smallest absolute Gasteiger partial charge is 0.276 e. The number of carbonyl (C=O) groups excluding carboxylic acids is 1. The van der Waals surface area contributed by atoms with Gasteiger partial charge >= 0.3 is 0 Å². The Morgan fingerprint density at radius 2 is 1.86 bits per heavy atom. The van der Waals surface area contributed by atoms with Crippen LogP contribution in [-0.2, 0) is 10.0 Å². The number of piperidine rings is 1. The summed E-state index contributed by atoms with van der Waals surface area (Å²) >= 11 is 0. The second-order valence-electron chi connectivity index (χ2n) is 6.81. The van der Waals surface area contributed by atoms with E-state index in [2.05, 4.69) is 5.32 Å². The maximum Gasteiger partial charge on any atom is 0.276 e. The second-order valence-corrected chi connectivity index (χ2v) is 8.74. The summed E-state index contributed by atoms with van der Waals surface area (Å²) in [6, 6.07) is 7.64. The molecule has 2 aromatic carbocycles. The first-order chi connectivity index (χ1) is 13.7. The number of nitrogens with one attached hydrogen (secondary N) is 1. The van der Waals surface area contributed by atoms with E-state index in [-0.39, 0.29) is 21.7 Å². The number of benzene rings is 2. The van der Waals surface area contributed by atoms with E-state index in [9.17, 15) is 27.7 Å². The van der Waals surface area contributed by atoms with Crippen LogP contribution in [0.5, 0.6) is 0 Å². The van der Waals surface area contributed by atoms with Crippen molar-refractivity contribution < 1.29 is 22.5 Å². The number of carbonyl (C=O) groups is 1. The fraction of sp³-hybridized carbons (Fsp3) is 0.316. The Hall–Kier alpha value is -2.85. The fourth-order valence-corrected chi connectivity index (χ4v) is 4.74. The number of nitro groups is 1. The number of rotatable bonds is 5. The summed E-state index contributed by atoms with van der Waals surface area (Å²) in [5, 5.41) is 13.5. The molecule has 1 aliphatic rings. The Kier molecular flexibility index (Phi) is 5.94. The van der Waals surface area contributed by atoms with Crippen molar-refractivity contribution in [3.8, 4) is 0 Å². The second kappa shape index (κ2) is 8.26. The lowest BCUT2D eigenvalue weighted by molar-refractivity contribution is -0.385. The zero-order valence-electron chi connectivity index (χ0n) is 15.7. The summed E-state index contributed by atoms with van der Waals surface area (Å²) in [6.45, 7) is 2.15. The molecule has 1 amide bonds. The molecule has 0 saturated carbocycles. The predicted octanol–water partition coefficient (Wildman–Crippen LogP) is 3.47. The quantitative estimate of drug-likeness (QED) is 0.587. The number of sulfonamides is 1. The van der Waals surface area contributed by atoms with Gasteiger partial charge in [-0.15, -0.1) is 0 Å². The number of amides is 1. The maximum atomic E-state index is 14.0. The molecule has 1 fully saturated rings. The van der Waals surface area contributed by atoms with E-state index < -0.39 is 32.4 Å². The van der Waals surface area contributed by atoms with E-state index in [1.165, 1.54) is 35.5 Å². The van der Waals surface area contributed by atoms with Crippen molar-refractivity contribution >= 4 is 27.3 Å². The summed E-state index contributed by atoms with van der Waals surface area (Å²) in [5.74, 6) is -1.65.